The lowest BCUT2D eigenvalue weighted by atomic mass is 10.1. The summed E-state index contributed by atoms with van der Waals surface area (Å²) < 4.78 is 7.62. The molecule has 5 nitrogen and oxygen atoms in total. The van der Waals surface area contributed by atoms with E-state index in [1.165, 1.54) is 25.4 Å². The Hall–Kier alpha value is -2.60. The van der Waals surface area contributed by atoms with Crippen LogP contribution in [0.5, 0.6) is 11.5 Å². The van der Waals surface area contributed by atoms with Gasteiger partial charge in [-0.25, -0.2) is 4.68 Å². The Balaban J connectivity index is 1.96. The molecule has 0 bridgehead atoms. The highest BCUT2D eigenvalue weighted by Crippen LogP contribution is 2.25. The third-order valence-electron chi connectivity index (χ3n) is 3.37. The molecule has 1 N–H and O–H groups in total. The monoisotopic (exact) mass is 372 g/mol. The summed E-state index contributed by atoms with van der Waals surface area (Å²) in [6, 6.07) is 12.1. The van der Waals surface area contributed by atoms with Crippen LogP contribution in [-0.2, 0) is 0 Å². The van der Waals surface area contributed by atoms with E-state index in [0.29, 0.717) is 11.3 Å². The smallest absolute Gasteiger partial charge is 0.200 e. The third kappa shape index (κ3) is 3.12. The van der Waals surface area contributed by atoms with E-state index in [1.54, 1.807) is 16.9 Å². The van der Waals surface area contributed by atoms with Crippen molar-refractivity contribution in [1.82, 2.24) is 9.78 Å². The van der Waals surface area contributed by atoms with Crippen molar-refractivity contribution in [2.24, 2.45) is 0 Å². The van der Waals surface area contributed by atoms with Crippen LogP contribution in [0.4, 0.5) is 0 Å². The van der Waals surface area contributed by atoms with Gasteiger partial charge in [0, 0.05) is 10.7 Å². The van der Waals surface area contributed by atoms with Crippen LogP contribution >= 0.6 is 15.9 Å². The summed E-state index contributed by atoms with van der Waals surface area (Å²) in [4.78, 5) is 12.6. The second-order valence-corrected chi connectivity index (χ2v) is 5.78. The van der Waals surface area contributed by atoms with Crippen LogP contribution in [0.1, 0.15) is 15.9 Å². The lowest BCUT2D eigenvalue weighted by Crippen LogP contribution is -2.01. The van der Waals surface area contributed by atoms with Crippen molar-refractivity contribution in [3.05, 3.63) is 70.5 Å². The van der Waals surface area contributed by atoms with Crippen molar-refractivity contribution in [3.8, 4) is 17.2 Å². The molecule has 0 aliphatic rings. The fourth-order valence-electron chi connectivity index (χ4n) is 2.18. The van der Waals surface area contributed by atoms with E-state index in [-0.39, 0.29) is 17.1 Å². The predicted octanol–water partition coefficient (Wildman–Crippen LogP) is 3.58. The van der Waals surface area contributed by atoms with E-state index in [1.807, 2.05) is 24.3 Å². The topological polar surface area (TPSA) is 64.3 Å². The van der Waals surface area contributed by atoms with Crippen LogP contribution < -0.4 is 4.74 Å². The number of aromatic nitrogens is 2. The SMILES string of the molecule is COc1ccc(O)c(C(=O)c2cnn(-c3cccc(Br)c3)c2)c1. The van der Waals surface area contributed by atoms with E-state index in [9.17, 15) is 9.90 Å². The number of phenolic OH excluding ortho intramolecular Hbond substituents is 1. The number of rotatable bonds is 4. The van der Waals surface area contributed by atoms with Gasteiger partial charge in [0.2, 0.25) is 0 Å². The molecule has 0 aliphatic carbocycles. The molecule has 0 saturated heterocycles. The summed E-state index contributed by atoms with van der Waals surface area (Å²) in [5.74, 6) is 0.0965. The standard InChI is InChI=1S/C17H13BrN2O3/c1-23-14-5-6-16(21)15(8-14)17(22)11-9-19-20(10-11)13-4-2-3-12(18)7-13/h2-10,21H,1H3. The molecule has 0 unspecified atom stereocenters. The van der Waals surface area contributed by atoms with E-state index in [2.05, 4.69) is 21.0 Å². The molecule has 0 radical (unpaired) electrons. The molecule has 3 rings (SSSR count). The van der Waals surface area contributed by atoms with Gasteiger partial charge in [0.25, 0.3) is 0 Å². The molecule has 0 fully saturated rings. The average Bonchev–Trinajstić information content (AvgIpc) is 3.05. The number of hydrogen-bond donors (Lipinski definition) is 1. The number of halogens is 1. The average molecular weight is 373 g/mol. The molecule has 1 heterocycles. The van der Waals surface area contributed by atoms with Crippen LogP contribution in [0.15, 0.2) is 59.3 Å². The minimum absolute atomic E-state index is 0.0917. The number of benzene rings is 2. The van der Waals surface area contributed by atoms with Gasteiger partial charge in [0.1, 0.15) is 11.5 Å². The van der Waals surface area contributed by atoms with Gasteiger partial charge >= 0.3 is 0 Å². The van der Waals surface area contributed by atoms with Crippen LogP contribution in [-0.4, -0.2) is 27.8 Å². The highest BCUT2D eigenvalue weighted by atomic mass is 79.9. The fourth-order valence-corrected chi connectivity index (χ4v) is 2.57. The Kier molecular flexibility index (Phi) is 4.16. The van der Waals surface area contributed by atoms with Gasteiger partial charge in [-0.1, -0.05) is 22.0 Å². The molecule has 116 valence electrons. The van der Waals surface area contributed by atoms with Crippen molar-refractivity contribution in [1.29, 1.82) is 0 Å². The van der Waals surface area contributed by atoms with Crippen molar-refractivity contribution >= 4 is 21.7 Å². The first kappa shape index (κ1) is 15.3. The molecule has 23 heavy (non-hydrogen) atoms. The zero-order chi connectivity index (χ0) is 16.4. The predicted molar refractivity (Wildman–Crippen MR) is 89.4 cm³/mol. The summed E-state index contributed by atoms with van der Waals surface area (Å²) in [6.45, 7) is 0. The number of nitrogens with zero attached hydrogens (tertiary/aromatic N) is 2. The first-order chi connectivity index (χ1) is 11.1. The number of ether oxygens (including phenoxy) is 1. The maximum absolute atomic E-state index is 12.6. The number of hydrogen-bond acceptors (Lipinski definition) is 4. The van der Waals surface area contributed by atoms with Crippen LogP contribution in [0.3, 0.4) is 0 Å². The van der Waals surface area contributed by atoms with E-state index in [4.69, 9.17) is 4.74 Å². The molecule has 0 aliphatic heterocycles. The first-order valence-electron chi connectivity index (χ1n) is 6.81. The Labute approximate surface area is 141 Å². The molecule has 2 aromatic carbocycles. The van der Waals surface area contributed by atoms with Crippen molar-refractivity contribution in [2.75, 3.05) is 7.11 Å². The molecule has 0 spiro atoms. The van der Waals surface area contributed by atoms with E-state index >= 15 is 0 Å². The maximum Gasteiger partial charge on any atom is 0.200 e. The number of phenols is 1. The minimum Gasteiger partial charge on any atom is -0.507 e. The molecule has 0 amide bonds. The molecule has 1 aromatic heterocycles. The van der Waals surface area contributed by atoms with Crippen LogP contribution in [0.25, 0.3) is 5.69 Å². The molecule has 3 aromatic rings. The van der Waals surface area contributed by atoms with Crippen molar-refractivity contribution < 1.29 is 14.6 Å². The van der Waals surface area contributed by atoms with Crippen LogP contribution in [0, 0.1) is 0 Å². The fraction of sp³-hybridized carbons (Fsp3) is 0.0588. The summed E-state index contributed by atoms with van der Waals surface area (Å²) >= 11 is 3.40. The first-order valence-corrected chi connectivity index (χ1v) is 7.60. The Morgan fingerprint density at radius 2 is 2.09 bits per heavy atom. The quantitative estimate of drug-likeness (QED) is 0.710. The number of methoxy groups -OCH3 is 1. The van der Waals surface area contributed by atoms with Crippen molar-refractivity contribution in [3.63, 3.8) is 0 Å². The Bertz CT molecular complexity index is 874. The summed E-state index contributed by atoms with van der Waals surface area (Å²) in [5.41, 5.74) is 1.39. The largest absolute Gasteiger partial charge is 0.507 e. The molecular formula is C17H13BrN2O3. The Morgan fingerprint density at radius 1 is 1.26 bits per heavy atom. The van der Waals surface area contributed by atoms with E-state index in [0.717, 1.165) is 10.2 Å². The lowest BCUT2D eigenvalue weighted by molar-refractivity contribution is 0.103. The van der Waals surface area contributed by atoms with Gasteiger partial charge in [-0.2, -0.15) is 5.10 Å². The number of carbonyl (C=O) groups excluding carboxylic acids is 1. The summed E-state index contributed by atoms with van der Waals surface area (Å²) in [5, 5.41) is 14.1. The van der Waals surface area contributed by atoms with Gasteiger partial charge in [-0.3, -0.25) is 4.79 Å². The van der Waals surface area contributed by atoms with E-state index < -0.39 is 0 Å². The normalized spacial score (nSPS) is 10.5. The van der Waals surface area contributed by atoms with Crippen molar-refractivity contribution in [2.45, 2.75) is 0 Å². The third-order valence-corrected chi connectivity index (χ3v) is 3.86. The summed E-state index contributed by atoms with van der Waals surface area (Å²) in [7, 11) is 1.51. The highest BCUT2D eigenvalue weighted by molar-refractivity contribution is 9.10. The number of aromatic hydroxyl groups is 1. The zero-order valence-electron chi connectivity index (χ0n) is 12.2. The Morgan fingerprint density at radius 3 is 2.83 bits per heavy atom. The maximum atomic E-state index is 12.6. The number of ketones is 1. The highest BCUT2D eigenvalue weighted by Gasteiger charge is 2.17. The zero-order valence-corrected chi connectivity index (χ0v) is 13.8. The second kappa shape index (κ2) is 6.26. The molecular weight excluding hydrogens is 360 g/mol. The molecule has 0 saturated carbocycles. The molecule has 0 atom stereocenters. The van der Waals surface area contributed by atoms with Crippen LogP contribution in [0.2, 0.25) is 0 Å². The second-order valence-electron chi connectivity index (χ2n) is 4.87. The number of carbonyl (C=O) groups is 1. The van der Waals surface area contributed by atoms with Gasteiger partial charge in [0.15, 0.2) is 5.78 Å². The minimum atomic E-state index is -0.317. The van der Waals surface area contributed by atoms with Gasteiger partial charge in [-0.15, -0.1) is 0 Å². The summed E-state index contributed by atoms with van der Waals surface area (Å²) in [6.07, 6.45) is 3.10. The van der Waals surface area contributed by atoms with Gasteiger partial charge in [0.05, 0.1) is 30.1 Å². The lowest BCUT2D eigenvalue weighted by Gasteiger charge is -2.05. The van der Waals surface area contributed by atoms with Gasteiger partial charge < -0.3 is 9.84 Å². The molecule has 6 heteroatoms. The van der Waals surface area contributed by atoms with Gasteiger partial charge in [-0.05, 0) is 36.4 Å².